The number of rotatable bonds is 6. The van der Waals surface area contributed by atoms with Crippen molar-refractivity contribution in [3.8, 4) is 11.7 Å². The number of aromatic nitrogens is 3. The van der Waals surface area contributed by atoms with Gasteiger partial charge in [-0.3, -0.25) is 4.57 Å². The molecule has 1 atom stereocenters. The Morgan fingerprint density at radius 1 is 1.12 bits per heavy atom. The molecule has 0 N–H and O–H groups in total. The van der Waals surface area contributed by atoms with Crippen LogP contribution in [0.5, 0.6) is 5.75 Å². The first kappa shape index (κ1) is 18.9. The lowest BCUT2D eigenvalue weighted by atomic mass is 10.2. The van der Waals surface area contributed by atoms with Crippen molar-refractivity contribution in [3.63, 3.8) is 0 Å². The van der Waals surface area contributed by atoms with Gasteiger partial charge in [0.2, 0.25) is 5.95 Å². The first-order valence-corrected chi connectivity index (χ1v) is 9.52. The van der Waals surface area contributed by atoms with Gasteiger partial charge in [-0.2, -0.15) is 0 Å². The molecule has 0 aliphatic carbocycles. The Hall–Kier alpha value is -1.92. The lowest BCUT2D eigenvalue weighted by Crippen LogP contribution is -2.21. The van der Waals surface area contributed by atoms with Gasteiger partial charge in [-0.1, -0.05) is 22.9 Å². The van der Waals surface area contributed by atoms with Crippen LogP contribution in [0.15, 0.2) is 28.7 Å². The number of methoxy groups -OCH3 is 1. The van der Waals surface area contributed by atoms with Gasteiger partial charge < -0.3 is 9.47 Å². The summed E-state index contributed by atoms with van der Waals surface area (Å²) in [5.74, 6) is 1.41. The van der Waals surface area contributed by atoms with E-state index in [1.165, 1.54) is 0 Å². The Morgan fingerprint density at radius 2 is 1.81 bits per heavy atom. The number of halogens is 1. The summed E-state index contributed by atoms with van der Waals surface area (Å²) in [6, 6.07) is 8.14. The number of benzene rings is 1. The van der Waals surface area contributed by atoms with Gasteiger partial charge in [-0.05, 0) is 51.5 Å². The molecule has 3 rings (SSSR count). The first-order valence-electron chi connectivity index (χ1n) is 8.73. The highest BCUT2D eigenvalue weighted by Crippen LogP contribution is 2.32. The predicted molar refractivity (Wildman–Crippen MR) is 107 cm³/mol. The number of hydrogen-bond acceptors (Lipinski definition) is 4. The van der Waals surface area contributed by atoms with Crippen LogP contribution in [0.2, 0.25) is 0 Å². The van der Waals surface area contributed by atoms with Gasteiger partial charge in [0.05, 0.1) is 12.3 Å². The Morgan fingerprint density at radius 3 is 2.42 bits per heavy atom. The maximum Gasteiger partial charge on any atom is 0.235 e. The first-order chi connectivity index (χ1) is 12.4. The van der Waals surface area contributed by atoms with E-state index in [0.29, 0.717) is 12.6 Å². The molecule has 26 heavy (non-hydrogen) atoms. The zero-order valence-corrected chi connectivity index (χ0v) is 17.4. The van der Waals surface area contributed by atoms with Gasteiger partial charge in [-0.15, -0.1) is 0 Å². The lowest BCUT2D eigenvalue weighted by Gasteiger charge is -2.19. The largest absolute Gasteiger partial charge is 0.486 e. The Kier molecular flexibility index (Phi) is 5.63. The molecular formula is C20H24BrN3O2. The molecule has 0 amide bonds. The summed E-state index contributed by atoms with van der Waals surface area (Å²) in [7, 11) is 1.69. The van der Waals surface area contributed by atoms with Crippen LogP contribution < -0.4 is 4.74 Å². The van der Waals surface area contributed by atoms with Crippen LogP contribution in [0.3, 0.4) is 0 Å². The number of ether oxygens (including phenoxy) is 2. The second-order valence-corrected chi connectivity index (χ2v) is 7.38. The van der Waals surface area contributed by atoms with Crippen molar-refractivity contribution in [1.82, 2.24) is 14.5 Å². The van der Waals surface area contributed by atoms with Crippen molar-refractivity contribution < 1.29 is 9.47 Å². The minimum Gasteiger partial charge on any atom is -0.486 e. The van der Waals surface area contributed by atoms with Crippen LogP contribution in [0.25, 0.3) is 16.9 Å². The molecular weight excluding hydrogens is 394 g/mol. The molecule has 0 aliphatic heterocycles. The average molecular weight is 418 g/mol. The zero-order valence-electron chi connectivity index (χ0n) is 15.8. The van der Waals surface area contributed by atoms with E-state index >= 15 is 0 Å². The molecule has 5 nitrogen and oxygen atoms in total. The van der Waals surface area contributed by atoms with Crippen LogP contribution in [0.1, 0.15) is 30.4 Å². The summed E-state index contributed by atoms with van der Waals surface area (Å²) in [6.07, 6.45) is 0.834. The van der Waals surface area contributed by atoms with Crippen LogP contribution in [0.4, 0.5) is 0 Å². The quantitative estimate of drug-likeness (QED) is 0.571. The molecule has 0 fully saturated rings. The van der Waals surface area contributed by atoms with Gasteiger partial charge in [0.1, 0.15) is 17.4 Å². The monoisotopic (exact) mass is 417 g/mol. The summed E-state index contributed by atoms with van der Waals surface area (Å²) >= 11 is 3.58. The van der Waals surface area contributed by atoms with E-state index in [1.54, 1.807) is 7.11 Å². The van der Waals surface area contributed by atoms with E-state index in [9.17, 15) is 0 Å². The SMILES string of the molecule is CC[C@H](COC)Oc1cc(Br)cc2c(C)nc(-n3c(C)ccc3C)nc12. The molecule has 1 aromatic carbocycles. The van der Waals surface area contributed by atoms with Crippen LogP contribution in [-0.4, -0.2) is 34.4 Å². The minimum absolute atomic E-state index is 0.0220. The highest BCUT2D eigenvalue weighted by molar-refractivity contribution is 9.10. The number of fused-ring (bicyclic) bond motifs is 1. The van der Waals surface area contributed by atoms with Gasteiger partial charge >= 0.3 is 0 Å². The third kappa shape index (κ3) is 3.62. The number of aryl methyl sites for hydroxylation is 3. The topological polar surface area (TPSA) is 49.2 Å². The van der Waals surface area contributed by atoms with Crippen molar-refractivity contribution in [1.29, 1.82) is 0 Å². The fourth-order valence-electron chi connectivity index (χ4n) is 3.07. The van der Waals surface area contributed by atoms with E-state index in [4.69, 9.17) is 19.4 Å². The van der Waals surface area contributed by atoms with Gasteiger partial charge in [0, 0.05) is 28.4 Å². The van der Waals surface area contributed by atoms with Gasteiger partial charge in [0.15, 0.2) is 0 Å². The third-order valence-electron chi connectivity index (χ3n) is 4.48. The van der Waals surface area contributed by atoms with Crippen molar-refractivity contribution in [2.75, 3.05) is 13.7 Å². The van der Waals surface area contributed by atoms with E-state index in [1.807, 2.05) is 19.1 Å². The zero-order chi connectivity index (χ0) is 18.8. The van der Waals surface area contributed by atoms with Crippen LogP contribution >= 0.6 is 15.9 Å². The maximum absolute atomic E-state index is 6.23. The molecule has 3 aromatic rings. The van der Waals surface area contributed by atoms with Gasteiger partial charge in [-0.25, -0.2) is 9.97 Å². The molecule has 0 aliphatic rings. The molecule has 138 valence electrons. The highest BCUT2D eigenvalue weighted by Gasteiger charge is 2.17. The summed E-state index contributed by atoms with van der Waals surface area (Å²) < 4.78 is 14.5. The molecule has 0 bridgehead atoms. The Bertz CT molecular complexity index is 917. The maximum atomic E-state index is 6.23. The number of nitrogens with zero attached hydrogens (tertiary/aromatic N) is 3. The smallest absolute Gasteiger partial charge is 0.235 e. The second-order valence-electron chi connectivity index (χ2n) is 6.46. The summed E-state index contributed by atoms with van der Waals surface area (Å²) in [5.41, 5.74) is 3.94. The highest BCUT2D eigenvalue weighted by atomic mass is 79.9. The molecule has 0 unspecified atom stereocenters. The lowest BCUT2D eigenvalue weighted by molar-refractivity contribution is 0.0796. The van der Waals surface area contributed by atoms with Crippen molar-refractivity contribution in [2.24, 2.45) is 0 Å². The fraction of sp³-hybridized carbons (Fsp3) is 0.400. The van der Waals surface area contributed by atoms with E-state index in [-0.39, 0.29) is 6.10 Å². The van der Waals surface area contributed by atoms with Crippen LogP contribution in [-0.2, 0) is 4.74 Å². The molecule has 0 saturated carbocycles. The van der Waals surface area contributed by atoms with Gasteiger partial charge in [0.25, 0.3) is 0 Å². The third-order valence-corrected chi connectivity index (χ3v) is 4.94. The predicted octanol–water partition coefficient (Wildman–Crippen LogP) is 4.91. The summed E-state index contributed by atoms with van der Waals surface area (Å²) in [6.45, 7) is 8.74. The molecule has 0 saturated heterocycles. The van der Waals surface area contributed by atoms with E-state index in [2.05, 4.69) is 53.4 Å². The summed E-state index contributed by atoms with van der Waals surface area (Å²) in [4.78, 5) is 9.59. The summed E-state index contributed by atoms with van der Waals surface area (Å²) in [5, 5.41) is 0.979. The average Bonchev–Trinajstić information content (AvgIpc) is 2.93. The molecule has 2 heterocycles. The normalized spacial score (nSPS) is 12.5. The Labute approximate surface area is 162 Å². The van der Waals surface area contributed by atoms with Crippen molar-refractivity contribution in [2.45, 2.75) is 40.2 Å². The Balaban J connectivity index is 2.18. The number of hydrogen-bond donors (Lipinski definition) is 0. The minimum atomic E-state index is -0.0220. The molecule has 0 radical (unpaired) electrons. The van der Waals surface area contributed by atoms with Crippen LogP contribution in [0, 0.1) is 20.8 Å². The molecule has 0 spiro atoms. The fourth-order valence-corrected chi connectivity index (χ4v) is 3.51. The standard InChI is InChI=1S/C20H24BrN3O2/c1-6-16(11-25-5)26-18-10-15(21)9-17-14(4)22-20(23-19(17)18)24-12(2)7-8-13(24)3/h7-10,16H,6,11H2,1-5H3/t16-/m1/s1. The second kappa shape index (κ2) is 7.76. The van der Waals surface area contributed by atoms with Crippen molar-refractivity contribution in [3.05, 3.63) is 45.8 Å². The molecule has 6 heteroatoms. The van der Waals surface area contributed by atoms with E-state index in [0.717, 1.165) is 44.6 Å². The van der Waals surface area contributed by atoms with Crippen molar-refractivity contribution >= 4 is 26.8 Å². The molecule has 2 aromatic heterocycles. The van der Waals surface area contributed by atoms with E-state index < -0.39 is 0 Å².